The lowest BCUT2D eigenvalue weighted by molar-refractivity contribution is 0.303. The summed E-state index contributed by atoms with van der Waals surface area (Å²) in [7, 11) is 0. The van der Waals surface area contributed by atoms with Crippen molar-refractivity contribution in [2.45, 2.75) is 33.2 Å². The molecule has 0 bridgehead atoms. The van der Waals surface area contributed by atoms with E-state index in [2.05, 4.69) is 10.5 Å². The molecule has 0 saturated heterocycles. The van der Waals surface area contributed by atoms with Crippen LogP contribution >= 0.6 is 0 Å². The highest BCUT2D eigenvalue weighted by Gasteiger charge is 2.23. The van der Waals surface area contributed by atoms with Crippen LogP contribution in [0.15, 0.2) is 28.0 Å². The summed E-state index contributed by atoms with van der Waals surface area (Å²) in [6.07, 6.45) is 2.45. The van der Waals surface area contributed by atoms with Gasteiger partial charge in [-0.05, 0) is 32.0 Å². The zero-order valence-corrected chi connectivity index (χ0v) is 10.6. The molecule has 0 aliphatic heterocycles. The SMILES string of the molecule is C[C@H](NCCC(C)(C)/C(N)=N/O)c1ccco1. The fourth-order valence-corrected chi connectivity index (χ4v) is 1.50. The Morgan fingerprint density at radius 1 is 1.65 bits per heavy atom. The zero-order valence-electron chi connectivity index (χ0n) is 10.6. The van der Waals surface area contributed by atoms with Gasteiger partial charge in [-0.1, -0.05) is 19.0 Å². The highest BCUT2D eigenvalue weighted by molar-refractivity contribution is 5.85. The second kappa shape index (κ2) is 5.72. The topological polar surface area (TPSA) is 83.8 Å². The van der Waals surface area contributed by atoms with Gasteiger partial charge in [-0.25, -0.2) is 0 Å². The molecule has 0 unspecified atom stereocenters. The number of amidine groups is 1. The standard InChI is InChI=1S/C12H21N3O2/c1-9(10-5-4-8-17-10)14-7-6-12(2,3)11(13)15-16/h4-5,8-9,14,16H,6-7H2,1-3H3,(H2,13,15)/t9-/m0/s1. The molecule has 1 heterocycles. The van der Waals surface area contributed by atoms with Gasteiger partial charge in [0.15, 0.2) is 0 Å². The third-order valence-corrected chi connectivity index (χ3v) is 2.97. The second-order valence-corrected chi connectivity index (χ2v) is 4.81. The molecule has 5 nitrogen and oxygen atoms in total. The predicted molar refractivity (Wildman–Crippen MR) is 66.9 cm³/mol. The highest BCUT2D eigenvalue weighted by Crippen LogP contribution is 2.20. The molecule has 1 aromatic rings. The number of nitrogens with one attached hydrogen (secondary N) is 1. The number of hydrogen-bond donors (Lipinski definition) is 3. The van der Waals surface area contributed by atoms with E-state index in [4.69, 9.17) is 15.4 Å². The molecule has 17 heavy (non-hydrogen) atoms. The largest absolute Gasteiger partial charge is 0.468 e. The van der Waals surface area contributed by atoms with E-state index in [1.807, 2.05) is 32.9 Å². The van der Waals surface area contributed by atoms with Gasteiger partial charge in [0.2, 0.25) is 0 Å². The summed E-state index contributed by atoms with van der Waals surface area (Å²) in [6.45, 7) is 6.70. The monoisotopic (exact) mass is 239 g/mol. The van der Waals surface area contributed by atoms with Crippen LogP contribution in [0.5, 0.6) is 0 Å². The van der Waals surface area contributed by atoms with Crippen molar-refractivity contribution in [2.24, 2.45) is 16.3 Å². The Labute approximate surface area is 102 Å². The van der Waals surface area contributed by atoms with Crippen LogP contribution in [0.1, 0.15) is 39.0 Å². The molecular weight excluding hydrogens is 218 g/mol. The van der Waals surface area contributed by atoms with Crippen molar-refractivity contribution >= 4 is 5.84 Å². The van der Waals surface area contributed by atoms with Crippen LogP contribution in [0.2, 0.25) is 0 Å². The Balaban J connectivity index is 2.38. The summed E-state index contributed by atoms with van der Waals surface area (Å²) >= 11 is 0. The molecule has 0 spiro atoms. The molecule has 1 aromatic heterocycles. The maximum absolute atomic E-state index is 8.66. The van der Waals surface area contributed by atoms with E-state index in [-0.39, 0.29) is 17.3 Å². The molecule has 0 aliphatic carbocycles. The molecule has 0 saturated carbocycles. The summed E-state index contributed by atoms with van der Waals surface area (Å²) in [6, 6.07) is 3.97. The zero-order chi connectivity index (χ0) is 12.9. The van der Waals surface area contributed by atoms with Crippen LogP contribution < -0.4 is 11.1 Å². The molecule has 0 fully saturated rings. The van der Waals surface area contributed by atoms with E-state index in [9.17, 15) is 0 Å². The van der Waals surface area contributed by atoms with Gasteiger partial charge in [-0.3, -0.25) is 0 Å². The average Bonchev–Trinajstić information content (AvgIpc) is 2.80. The number of oxime groups is 1. The number of nitrogens with two attached hydrogens (primary N) is 1. The third-order valence-electron chi connectivity index (χ3n) is 2.97. The molecule has 5 heteroatoms. The molecule has 1 rings (SSSR count). The molecule has 0 aromatic carbocycles. The van der Waals surface area contributed by atoms with Gasteiger partial charge in [0.1, 0.15) is 11.6 Å². The van der Waals surface area contributed by atoms with Crippen molar-refractivity contribution in [1.82, 2.24) is 5.32 Å². The molecule has 4 N–H and O–H groups in total. The van der Waals surface area contributed by atoms with Crippen molar-refractivity contribution in [3.05, 3.63) is 24.2 Å². The molecule has 0 aliphatic rings. The Bertz CT molecular complexity index is 358. The van der Waals surface area contributed by atoms with Gasteiger partial charge in [0.25, 0.3) is 0 Å². The maximum Gasteiger partial charge on any atom is 0.144 e. The van der Waals surface area contributed by atoms with Crippen LogP contribution in [0.4, 0.5) is 0 Å². The molecular formula is C12H21N3O2. The van der Waals surface area contributed by atoms with Crippen molar-refractivity contribution in [2.75, 3.05) is 6.54 Å². The number of furan rings is 1. The van der Waals surface area contributed by atoms with Gasteiger partial charge in [-0.15, -0.1) is 0 Å². The van der Waals surface area contributed by atoms with Crippen LogP contribution in [0.3, 0.4) is 0 Å². The molecule has 96 valence electrons. The molecule has 1 atom stereocenters. The van der Waals surface area contributed by atoms with Crippen LogP contribution in [0, 0.1) is 5.41 Å². The Morgan fingerprint density at radius 2 is 2.35 bits per heavy atom. The first-order chi connectivity index (χ1) is 7.97. The van der Waals surface area contributed by atoms with Gasteiger partial charge in [0, 0.05) is 5.41 Å². The molecule has 0 amide bonds. The van der Waals surface area contributed by atoms with Gasteiger partial charge >= 0.3 is 0 Å². The van der Waals surface area contributed by atoms with Crippen molar-refractivity contribution in [3.8, 4) is 0 Å². The van der Waals surface area contributed by atoms with Crippen molar-refractivity contribution in [3.63, 3.8) is 0 Å². The first-order valence-corrected chi connectivity index (χ1v) is 5.72. The normalized spacial score (nSPS) is 14.9. The smallest absolute Gasteiger partial charge is 0.144 e. The van der Waals surface area contributed by atoms with Gasteiger partial charge in [-0.2, -0.15) is 0 Å². The molecule has 0 radical (unpaired) electrons. The van der Waals surface area contributed by atoms with E-state index >= 15 is 0 Å². The summed E-state index contributed by atoms with van der Waals surface area (Å²) < 4.78 is 5.30. The Hall–Kier alpha value is -1.49. The number of nitrogens with zero attached hydrogens (tertiary/aromatic N) is 1. The fraction of sp³-hybridized carbons (Fsp3) is 0.583. The lowest BCUT2D eigenvalue weighted by atomic mass is 9.88. The van der Waals surface area contributed by atoms with Crippen molar-refractivity contribution < 1.29 is 9.62 Å². The minimum absolute atomic E-state index is 0.160. The first kappa shape index (κ1) is 13.6. The average molecular weight is 239 g/mol. The van der Waals surface area contributed by atoms with E-state index in [0.717, 1.165) is 18.7 Å². The second-order valence-electron chi connectivity index (χ2n) is 4.81. The highest BCUT2D eigenvalue weighted by atomic mass is 16.4. The van der Waals surface area contributed by atoms with E-state index in [1.54, 1.807) is 6.26 Å². The minimum atomic E-state index is -0.315. The van der Waals surface area contributed by atoms with E-state index in [0.29, 0.717) is 0 Å². The number of hydrogen-bond acceptors (Lipinski definition) is 4. The number of rotatable bonds is 6. The Kier molecular flexibility index (Phi) is 4.57. The quantitative estimate of drug-likeness (QED) is 0.307. The van der Waals surface area contributed by atoms with Crippen LogP contribution in [0.25, 0.3) is 0 Å². The summed E-state index contributed by atoms with van der Waals surface area (Å²) in [5, 5.41) is 15.0. The fourth-order valence-electron chi connectivity index (χ4n) is 1.50. The van der Waals surface area contributed by atoms with Crippen LogP contribution in [-0.2, 0) is 0 Å². The lowest BCUT2D eigenvalue weighted by Crippen LogP contribution is -2.35. The third kappa shape index (κ3) is 3.78. The van der Waals surface area contributed by atoms with Crippen LogP contribution in [-0.4, -0.2) is 17.6 Å². The van der Waals surface area contributed by atoms with Gasteiger partial charge < -0.3 is 20.7 Å². The summed E-state index contributed by atoms with van der Waals surface area (Å²) in [5.41, 5.74) is 5.30. The maximum atomic E-state index is 8.66. The van der Waals surface area contributed by atoms with Crippen molar-refractivity contribution in [1.29, 1.82) is 0 Å². The van der Waals surface area contributed by atoms with Gasteiger partial charge in [0.05, 0.1) is 12.3 Å². The van der Waals surface area contributed by atoms with E-state index in [1.165, 1.54) is 0 Å². The Morgan fingerprint density at radius 3 is 2.88 bits per heavy atom. The van der Waals surface area contributed by atoms with E-state index < -0.39 is 0 Å². The first-order valence-electron chi connectivity index (χ1n) is 5.72. The summed E-state index contributed by atoms with van der Waals surface area (Å²) in [5.74, 6) is 1.16. The predicted octanol–water partition coefficient (Wildman–Crippen LogP) is 2.09. The lowest BCUT2D eigenvalue weighted by Gasteiger charge is -2.23. The summed E-state index contributed by atoms with van der Waals surface area (Å²) in [4.78, 5) is 0. The minimum Gasteiger partial charge on any atom is -0.468 e.